The molecule has 1 spiro atoms. The smallest absolute Gasteiger partial charge is 0.182 e. The number of hydrogen-bond donors (Lipinski definition) is 12. The third-order valence-electron chi connectivity index (χ3n) is 21.5. The van der Waals surface area contributed by atoms with Crippen LogP contribution in [0.1, 0.15) is 162 Å². The molecule has 20 unspecified atom stereocenters. The largest absolute Gasteiger partial charge is 0.396 e. The molecule has 0 aromatic rings. The van der Waals surface area contributed by atoms with Gasteiger partial charge in [-0.05, 0) is 163 Å². The Kier molecular flexibility index (Phi) is 14.3. The van der Waals surface area contributed by atoms with Gasteiger partial charge < -0.3 is 67.1 Å². The van der Waals surface area contributed by atoms with E-state index in [1.165, 1.54) is 0 Å². The van der Waals surface area contributed by atoms with E-state index in [1.54, 1.807) is 13.8 Å². The van der Waals surface area contributed by atoms with Gasteiger partial charge in [0, 0.05) is 47.9 Å². The summed E-state index contributed by atoms with van der Waals surface area (Å²) >= 11 is 0. The van der Waals surface area contributed by atoms with Crippen molar-refractivity contribution < 1.29 is 55.5 Å². The Balaban J connectivity index is 1.17. The highest BCUT2D eigenvalue weighted by molar-refractivity contribution is 6.00. The van der Waals surface area contributed by atoms with Crippen molar-refractivity contribution >= 4 is 5.78 Å². The molecule has 0 aromatic carbocycles. The topological polar surface area (TPSA) is 258 Å². The van der Waals surface area contributed by atoms with E-state index in [2.05, 4.69) is 17.6 Å². The van der Waals surface area contributed by atoms with Gasteiger partial charge in [-0.1, -0.05) is 63.7 Å². The molecule has 2 heterocycles. The van der Waals surface area contributed by atoms with Gasteiger partial charge in [-0.2, -0.15) is 0 Å². The first kappa shape index (κ1) is 52.2. The number of ketones is 1. The van der Waals surface area contributed by atoms with E-state index in [0.717, 1.165) is 69.1 Å². The van der Waals surface area contributed by atoms with Crippen molar-refractivity contribution in [3.8, 4) is 0 Å². The molecule has 20 atom stereocenters. The van der Waals surface area contributed by atoms with E-state index in [0.29, 0.717) is 56.4 Å². The van der Waals surface area contributed by atoms with Crippen LogP contribution in [0.2, 0.25) is 0 Å². The molecule has 13 N–H and O–H groups in total. The summed E-state index contributed by atoms with van der Waals surface area (Å²) in [6.07, 6.45) is 15.2. The molecule has 0 amide bonds. The maximum absolute atomic E-state index is 15.9. The monoisotopic (exact) mass is 992 g/mol. The van der Waals surface area contributed by atoms with Crippen LogP contribution in [-0.2, 0) is 9.53 Å². The number of fused-ring (bicyclic) bond motifs is 5. The summed E-state index contributed by atoms with van der Waals surface area (Å²) in [7, 11) is 0. The van der Waals surface area contributed by atoms with Crippen molar-refractivity contribution in [2.45, 2.75) is 227 Å². The second-order valence-electron chi connectivity index (χ2n) is 25.3. The molecule has 0 aromatic heterocycles. The van der Waals surface area contributed by atoms with E-state index < -0.39 is 93.6 Å². The number of nitrogens with one attached hydrogen (secondary N) is 2. The molecular formula is C57H89N3O11. The highest BCUT2D eigenvalue weighted by Crippen LogP contribution is 2.77. The van der Waals surface area contributed by atoms with Gasteiger partial charge in [-0.25, -0.2) is 0 Å². The minimum absolute atomic E-state index is 0.0114. The molecule has 8 aliphatic carbocycles. The first-order valence-electron chi connectivity index (χ1n) is 28.3. The Morgan fingerprint density at radius 1 is 0.944 bits per heavy atom. The number of dihydropyridines is 1. The number of allylic oxidation sites excluding steroid dienone is 5. The average molecular weight is 992 g/mol. The lowest BCUT2D eigenvalue weighted by Crippen LogP contribution is -2.74. The number of aliphatic hydroxyl groups excluding tert-OH is 5. The fourth-order valence-electron chi connectivity index (χ4n) is 18.7. The van der Waals surface area contributed by atoms with Crippen LogP contribution in [0.25, 0.3) is 0 Å². The number of Topliss-reactive ketones (excluding diaryl/α,β-unsaturated/α-hetero) is 1. The first-order chi connectivity index (χ1) is 33.8. The van der Waals surface area contributed by atoms with E-state index in [9.17, 15) is 46.0 Å². The standard InChI is InChI=1S/C57H89N3O11/c1-4-10-33-15-17-37-43(19-16-33)71-51-46(37)40(63)14-8-23-57(51,70)52(3,67)44-22-25-56(69)47-48(59-30-32(2)62)49(66)38-27-41(64)42(65)29-53(38)28-34(36-18-20-45(58)60-39(36)13-9-26-61)21-24-54(68,50(47)53)31-55(44,56)35-11-6-5-7-12-35/h18,20-21,24,32-35,37-38,40-46,50-51,59-65,67-70H,4-17,19,22-23,25-31,58H2,1-3H3. The highest BCUT2D eigenvalue weighted by Gasteiger charge is 2.80. The van der Waals surface area contributed by atoms with Crippen molar-refractivity contribution in [1.82, 2.24) is 10.6 Å². The molecule has 10 aliphatic rings. The zero-order valence-electron chi connectivity index (χ0n) is 42.9. The van der Waals surface area contributed by atoms with Gasteiger partial charge in [0.25, 0.3) is 0 Å². The molecule has 6 saturated carbocycles. The Labute approximate surface area is 421 Å². The van der Waals surface area contributed by atoms with Gasteiger partial charge in [0.15, 0.2) is 5.78 Å². The lowest BCUT2D eigenvalue weighted by atomic mass is 9.37. The third-order valence-corrected chi connectivity index (χ3v) is 21.5. The third kappa shape index (κ3) is 8.15. The van der Waals surface area contributed by atoms with E-state index in [1.807, 2.05) is 24.3 Å². The maximum atomic E-state index is 15.9. The van der Waals surface area contributed by atoms with Crippen LogP contribution in [0, 0.1) is 58.2 Å². The normalized spacial score (nSPS) is 48.0. The number of hydrogen-bond acceptors (Lipinski definition) is 14. The molecule has 10 rings (SSSR count). The lowest BCUT2D eigenvalue weighted by molar-refractivity contribution is -0.276. The molecular weight excluding hydrogens is 903 g/mol. The molecule has 71 heavy (non-hydrogen) atoms. The Bertz CT molecular complexity index is 2120. The predicted molar refractivity (Wildman–Crippen MR) is 267 cm³/mol. The minimum Gasteiger partial charge on any atom is -0.396 e. The van der Waals surface area contributed by atoms with Crippen molar-refractivity contribution in [2.75, 3.05) is 13.2 Å². The van der Waals surface area contributed by atoms with E-state index in [-0.39, 0.29) is 87.0 Å². The zero-order valence-corrected chi connectivity index (χ0v) is 42.9. The Morgan fingerprint density at radius 2 is 1.70 bits per heavy atom. The van der Waals surface area contributed by atoms with Crippen LogP contribution in [0.15, 0.2) is 46.8 Å². The first-order valence-corrected chi connectivity index (χ1v) is 28.3. The van der Waals surface area contributed by atoms with Gasteiger partial charge in [-0.3, -0.25) is 4.79 Å². The van der Waals surface area contributed by atoms with Gasteiger partial charge in [0.1, 0.15) is 5.60 Å². The van der Waals surface area contributed by atoms with Crippen LogP contribution in [0.4, 0.5) is 0 Å². The van der Waals surface area contributed by atoms with Crippen LogP contribution in [-0.4, -0.2) is 130 Å². The van der Waals surface area contributed by atoms with Crippen molar-refractivity contribution in [2.24, 2.45) is 63.9 Å². The number of ether oxygens (including phenoxy) is 1. The number of carbonyl (C=O) groups excluding carboxylic acids is 1. The van der Waals surface area contributed by atoms with Crippen LogP contribution in [0.5, 0.6) is 0 Å². The second kappa shape index (κ2) is 19.4. The number of rotatable bonds is 12. The molecule has 0 bridgehead atoms. The summed E-state index contributed by atoms with van der Waals surface area (Å²) in [6, 6.07) is 0. The highest BCUT2D eigenvalue weighted by atomic mass is 16.5. The zero-order chi connectivity index (χ0) is 50.5. The quantitative estimate of drug-likeness (QED) is 0.121. The molecule has 1 saturated heterocycles. The Morgan fingerprint density at radius 3 is 2.44 bits per heavy atom. The molecule has 0 radical (unpaired) electrons. The summed E-state index contributed by atoms with van der Waals surface area (Å²) < 4.78 is 7.13. The molecule has 7 fully saturated rings. The summed E-state index contributed by atoms with van der Waals surface area (Å²) in [6.45, 7) is 5.54. The van der Waals surface area contributed by atoms with Gasteiger partial charge in [0.2, 0.25) is 0 Å². The fraction of sp³-hybridized carbons (Fsp3) is 0.842. The van der Waals surface area contributed by atoms with E-state index in [4.69, 9.17) is 10.5 Å². The summed E-state index contributed by atoms with van der Waals surface area (Å²) in [5, 5.41) is 120. The van der Waals surface area contributed by atoms with Crippen molar-refractivity contribution in [3.63, 3.8) is 0 Å². The summed E-state index contributed by atoms with van der Waals surface area (Å²) in [5.74, 6) is -3.38. The van der Waals surface area contributed by atoms with Crippen molar-refractivity contribution in [3.05, 3.63) is 46.8 Å². The molecule has 2 aliphatic heterocycles. The van der Waals surface area contributed by atoms with Gasteiger partial charge >= 0.3 is 0 Å². The Hall–Kier alpha value is -2.21. The van der Waals surface area contributed by atoms with Crippen LogP contribution < -0.4 is 16.4 Å². The van der Waals surface area contributed by atoms with E-state index >= 15 is 4.79 Å². The van der Waals surface area contributed by atoms with Gasteiger partial charge in [-0.15, -0.1) is 0 Å². The van der Waals surface area contributed by atoms with Crippen LogP contribution >= 0.6 is 0 Å². The van der Waals surface area contributed by atoms with Crippen molar-refractivity contribution in [1.29, 1.82) is 0 Å². The summed E-state index contributed by atoms with van der Waals surface area (Å²) in [4.78, 5) is 15.9. The molecule has 14 nitrogen and oxygen atoms in total. The molecule has 398 valence electrons. The predicted octanol–water partition coefficient (Wildman–Crippen LogP) is 4.43. The minimum atomic E-state index is -1.92. The molecule has 14 heteroatoms. The number of nitrogens with two attached hydrogens (primary N) is 1. The SMILES string of the molecule is CCCC1CCC2OC3C(C(O)CCCC3(O)C(C)(O)C3CCC4(O)C5=C(NCC(C)O)C(=O)C6CC(O)C(O)CC67CC(C6=C(CCCO)NC(N)C=C6)C=CC(O)(CC34C3CCCCC3)C57)C2CC1. The fourth-order valence-corrected chi connectivity index (χ4v) is 18.7. The number of aliphatic hydroxyl groups is 9. The van der Waals surface area contributed by atoms with Gasteiger partial charge in [0.05, 0.1) is 65.3 Å². The summed E-state index contributed by atoms with van der Waals surface area (Å²) in [5.41, 5.74) is -1.19. The second-order valence-corrected chi connectivity index (χ2v) is 25.3. The maximum Gasteiger partial charge on any atom is 0.182 e. The average Bonchev–Trinajstić information content (AvgIpc) is 3.69. The lowest BCUT2D eigenvalue weighted by Gasteiger charge is -2.69. The van der Waals surface area contributed by atoms with Crippen LogP contribution in [0.3, 0.4) is 0 Å². The number of carbonyl (C=O) groups is 1.